The number of ketones is 1. The minimum Gasteiger partial charge on any atom is -0.444 e. The van der Waals surface area contributed by atoms with E-state index in [1.807, 2.05) is 0 Å². The molecule has 1 fully saturated rings. The Balaban J connectivity index is 2.05. The van der Waals surface area contributed by atoms with Gasteiger partial charge in [0, 0.05) is 5.92 Å². The van der Waals surface area contributed by atoms with Crippen LogP contribution in [0, 0.1) is 18.8 Å². The van der Waals surface area contributed by atoms with E-state index in [2.05, 4.69) is 12.2 Å². The summed E-state index contributed by atoms with van der Waals surface area (Å²) in [6.45, 7) is 5.11. The molecule has 6 heteroatoms. The normalized spacial score (nSPS) is 20.3. The molecular formula is C19H28N2O4. The Labute approximate surface area is 148 Å². The number of carbonyl (C=O) groups excluding carboxylic acids is 3. The summed E-state index contributed by atoms with van der Waals surface area (Å²) in [6.07, 6.45) is 7.45. The Morgan fingerprint density at radius 1 is 1.16 bits per heavy atom. The van der Waals surface area contributed by atoms with Gasteiger partial charge in [-0.15, -0.1) is 0 Å². The van der Waals surface area contributed by atoms with Gasteiger partial charge in [-0.05, 0) is 45.4 Å². The van der Waals surface area contributed by atoms with Crippen LogP contribution in [0.2, 0.25) is 0 Å². The first-order valence-electron chi connectivity index (χ1n) is 9.10. The molecule has 0 radical (unpaired) electrons. The van der Waals surface area contributed by atoms with Crippen molar-refractivity contribution < 1.29 is 18.8 Å². The van der Waals surface area contributed by atoms with Gasteiger partial charge in [0.1, 0.15) is 11.3 Å². The lowest BCUT2D eigenvalue weighted by Gasteiger charge is -2.27. The molecule has 0 saturated heterocycles. The lowest BCUT2D eigenvalue weighted by Crippen LogP contribution is -2.28. The summed E-state index contributed by atoms with van der Waals surface area (Å²) in [7, 11) is 0. The lowest BCUT2D eigenvalue weighted by atomic mass is 9.79. The topological polar surface area (TPSA) is 102 Å². The van der Waals surface area contributed by atoms with E-state index in [1.165, 1.54) is 26.2 Å². The van der Waals surface area contributed by atoms with Crippen LogP contribution in [0.5, 0.6) is 0 Å². The fourth-order valence-electron chi connectivity index (χ4n) is 3.71. The van der Waals surface area contributed by atoms with E-state index in [0.717, 1.165) is 25.7 Å². The van der Waals surface area contributed by atoms with Crippen LogP contribution >= 0.6 is 0 Å². The van der Waals surface area contributed by atoms with E-state index < -0.39 is 5.91 Å². The van der Waals surface area contributed by atoms with Gasteiger partial charge in [0.15, 0.2) is 5.78 Å². The molecular weight excluding hydrogens is 320 g/mol. The van der Waals surface area contributed by atoms with Crippen molar-refractivity contribution in [1.29, 1.82) is 0 Å². The van der Waals surface area contributed by atoms with Crippen LogP contribution in [0.15, 0.2) is 4.42 Å². The quantitative estimate of drug-likeness (QED) is 0.731. The smallest absolute Gasteiger partial charge is 0.255 e. The molecule has 1 heterocycles. The standard InChI is InChI=1S/C19H28N2O4/c1-4-5-6-13-7-9-14(10-8-13)18(24)21-19-16(17(20)23)15(11(2)22)12(3)25-19/h13-14H,4-10H2,1-3H3,(H2,20,23)(H,21,24). The van der Waals surface area contributed by atoms with Crippen molar-refractivity contribution in [3.63, 3.8) is 0 Å². The summed E-state index contributed by atoms with van der Waals surface area (Å²) in [6, 6.07) is 0. The Bertz CT molecular complexity index is 655. The molecule has 0 bridgehead atoms. The van der Waals surface area contributed by atoms with Crippen molar-refractivity contribution in [2.75, 3.05) is 5.32 Å². The van der Waals surface area contributed by atoms with Crippen molar-refractivity contribution in [1.82, 2.24) is 0 Å². The Morgan fingerprint density at radius 2 is 1.80 bits per heavy atom. The Morgan fingerprint density at radius 3 is 2.32 bits per heavy atom. The van der Waals surface area contributed by atoms with Gasteiger partial charge >= 0.3 is 0 Å². The number of rotatable bonds is 7. The number of primary amides is 1. The summed E-state index contributed by atoms with van der Waals surface area (Å²) in [5.41, 5.74) is 5.50. The van der Waals surface area contributed by atoms with Crippen molar-refractivity contribution in [3.05, 3.63) is 16.9 Å². The monoisotopic (exact) mass is 348 g/mol. The number of anilines is 1. The highest BCUT2D eigenvalue weighted by molar-refractivity contribution is 6.12. The molecule has 1 aromatic rings. The van der Waals surface area contributed by atoms with Gasteiger partial charge in [0.05, 0.1) is 5.56 Å². The van der Waals surface area contributed by atoms with E-state index in [1.54, 1.807) is 6.92 Å². The average Bonchev–Trinajstić information content (AvgIpc) is 2.89. The third-order valence-electron chi connectivity index (χ3n) is 5.10. The molecule has 0 spiro atoms. The number of carbonyl (C=O) groups is 3. The average molecular weight is 348 g/mol. The van der Waals surface area contributed by atoms with Gasteiger partial charge in [-0.3, -0.25) is 19.7 Å². The minimum atomic E-state index is -0.777. The molecule has 138 valence electrons. The van der Waals surface area contributed by atoms with E-state index in [0.29, 0.717) is 11.7 Å². The molecule has 0 aromatic carbocycles. The molecule has 1 aliphatic carbocycles. The first-order chi connectivity index (χ1) is 11.8. The zero-order chi connectivity index (χ0) is 18.6. The number of hydrogen-bond donors (Lipinski definition) is 2. The number of nitrogens with two attached hydrogens (primary N) is 1. The largest absolute Gasteiger partial charge is 0.444 e. The van der Waals surface area contributed by atoms with Gasteiger partial charge in [-0.25, -0.2) is 0 Å². The zero-order valence-electron chi connectivity index (χ0n) is 15.3. The molecule has 0 unspecified atom stereocenters. The summed E-state index contributed by atoms with van der Waals surface area (Å²) in [5.74, 6) is -0.355. The van der Waals surface area contributed by atoms with Crippen LogP contribution < -0.4 is 11.1 Å². The first kappa shape index (κ1) is 19.2. The molecule has 3 N–H and O–H groups in total. The van der Waals surface area contributed by atoms with Gasteiger partial charge in [0.25, 0.3) is 5.91 Å². The SMILES string of the molecule is CCCCC1CCC(C(=O)Nc2oc(C)c(C(C)=O)c2C(N)=O)CC1. The summed E-state index contributed by atoms with van der Waals surface area (Å²) in [5, 5.41) is 2.68. The van der Waals surface area contributed by atoms with Gasteiger partial charge < -0.3 is 10.2 Å². The molecule has 6 nitrogen and oxygen atoms in total. The summed E-state index contributed by atoms with van der Waals surface area (Å²) >= 11 is 0. The van der Waals surface area contributed by atoms with Crippen molar-refractivity contribution in [2.45, 2.75) is 65.7 Å². The second-order valence-electron chi connectivity index (χ2n) is 7.01. The van der Waals surface area contributed by atoms with Gasteiger partial charge in [0.2, 0.25) is 11.8 Å². The second kappa shape index (κ2) is 8.32. The highest BCUT2D eigenvalue weighted by Crippen LogP contribution is 2.33. The molecule has 1 aliphatic rings. The molecule has 1 saturated carbocycles. The van der Waals surface area contributed by atoms with Gasteiger partial charge in [-0.1, -0.05) is 26.2 Å². The predicted octanol–water partition coefficient (Wildman–Crippen LogP) is 3.82. The van der Waals surface area contributed by atoms with E-state index >= 15 is 0 Å². The van der Waals surface area contributed by atoms with Crippen LogP contribution in [0.4, 0.5) is 5.88 Å². The number of hydrogen-bond acceptors (Lipinski definition) is 4. The van der Waals surface area contributed by atoms with Crippen molar-refractivity contribution in [3.8, 4) is 0 Å². The maximum atomic E-state index is 12.5. The van der Waals surface area contributed by atoms with Crippen LogP contribution in [-0.4, -0.2) is 17.6 Å². The number of nitrogens with one attached hydrogen (secondary N) is 1. The van der Waals surface area contributed by atoms with Crippen LogP contribution in [-0.2, 0) is 4.79 Å². The molecule has 2 rings (SSSR count). The maximum Gasteiger partial charge on any atom is 0.255 e. The number of furan rings is 1. The molecule has 2 amide bonds. The van der Waals surface area contributed by atoms with Crippen LogP contribution in [0.25, 0.3) is 0 Å². The predicted molar refractivity (Wildman–Crippen MR) is 95.6 cm³/mol. The number of Topliss-reactive ketones (excluding diaryl/α,β-unsaturated/α-hetero) is 1. The summed E-state index contributed by atoms with van der Waals surface area (Å²) in [4.78, 5) is 36.0. The number of amides is 2. The van der Waals surface area contributed by atoms with Crippen LogP contribution in [0.1, 0.15) is 85.3 Å². The van der Waals surface area contributed by atoms with E-state index in [9.17, 15) is 14.4 Å². The fourth-order valence-corrected chi connectivity index (χ4v) is 3.71. The zero-order valence-corrected chi connectivity index (χ0v) is 15.3. The number of aryl methyl sites for hydroxylation is 1. The Hall–Kier alpha value is -2.11. The van der Waals surface area contributed by atoms with E-state index in [-0.39, 0.29) is 34.6 Å². The third-order valence-corrected chi connectivity index (χ3v) is 5.10. The second-order valence-corrected chi connectivity index (χ2v) is 7.01. The molecule has 0 atom stereocenters. The third kappa shape index (κ3) is 4.50. The highest BCUT2D eigenvalue weighted by Gasteiger charge is 2.30. The first-order valence-corrected chi connectivity index (χ1v) is 9.10. The minimum absolute atomic E-state index is 0.00620. The van der Waals surface area contributed by atoms with Gasteiger partial charge in [-0.2, -0.15) is 0 Å². The van der Waals surface area contributed by atoms with E-state index in [4.69, 9.17) is 10.2 Å². The Kier molecular flexibility index (Phi) is 6.39. The molecule has 1 aromatic heterocycles. The fraction of sp³-hybridized carbons (Fsp3) is 0.632. The lowest BCUT2D eigenvalue weighted by molar-refractivity contribution is -0.121. The molecule has 0 aliphatic heterocycles. The molecule has 25 heavy (non-hydrogen) atoms. The van der Waals surface area contributed by atoms with Crippen molar-refractivity contribution >= 4 is 23.5 Å². The highest BCUT2D eigenvalue weighted by atomic mass is 16.4. The van der Waals surface area contributed by atoms with Crippen molar-refractivity contribution in [2.24, 2.45) is 17.6 Å². The maximum absolute atomic E-state index is 12.5. The summed E-state index contributed by atoms with van der Waals surface area (Å²) < 4.78 is 5.45. The number of unbranched alkanes of at least 4 members (excludes halogenated alkanes) is 1. The van der Waals surface area contributed by atoms with Crippen LogP contribution in [0.3, 0.4) is 0 Å².